The smallest absolute Gasteiger partial charge is 0.339 e. The molecule has 0 aromatic heterocycles. The third-order valence-corrected chi connectivity index (χ3v) is 8.80. The average Bonchev–Trinajstić information content (AvgIpc) is 2.85. The highest BCUT2D eigenvalue weighted by molar-refractivity contribution is 7.90. The van der Waals surface area contributed by atoms with Crippen molar-refractivity contribution in [2.75, 3.05) is 43.0 Å². The molecule has 0 aliphatic carbocycles. The zero-order valence-corrected chi connectivity index (χ0v) is 21.4. The van der Waals surface area contributed by atoms with Crippen LogP contribution in [-0.4, -0.2) is 62.0 Å². The molecule has 36 heavy (non-hydrogen) atoms. The SMILES string of the molecule is CN1CCN(c2cc(Cl)c3c(c2)N(Cc2ccccc2)C(=O)N(Cc2cccc(O)c2)S3(=O)=O)CC1. The summed E-state index contributed by atoms with van der Waals surface area (Å²) >= 11 is 6.67. The Morgan fingerprint density at radius 1 is 0.889 bits per heavy atom. The second-order valence-electron chi connectivity index (χ2n) is 9.10. The van der Waals surface area contributed by atoms with Crippen LogP contribution in [0.1, 0.15) is 11.1 Å². The summed E-state index contributed by atoms with van der Waals surface area (Å²) in [5.74, 6) is -0.00857. The largest absolute Gasteiger partial charge is 0.508 e. The van der Waals surface area contributed by atoms with Crippen LogP contribution < -0.4 is 9.80 Å². The summed E-state index contributed by atoms with van der Waals surface area (Å²) in [7, 11) is -2.19. The van der Waals surface area contributed by atoms with Gasteiger partial charge in [-0.25, -0.2) is 17.5 Å². The quantitative estimate of drug-likeness (QED) is 0.538. The maximum Gasteiger partial charge on any atom is 0.339 e. The maximum absolute atomic E-state index is 13.8. The van der Waals surface area contributed by atoms with E-state index in [0.29, 0.717) is 5.56 Å². The summed E-state index contributed by atoms with van der Waals surface area (Å²) in [5.41, 5.74) is 2.40. The molecule has 8 nitrogen and oxygen atoms in total. The average molecular weight is 527 g/mol. The number of piperazine rings is 1. The molecular formula is C26H27ClN4O4S. The van der Waals surface area contributed by atoms with E-state index in [1.54, 1.807) is 24.3 Å². The van der Waals surface area contributed by atoms with Gasteiger partial charge in [-0.3, -0.25) is 4.90 Å². The van der Waals surface area contributed by atoms with Crippen molar-refractivity contribution < 1.29 is 18.3 Å². The van der Waals surface area contributed by atoms with Crippen LogP contribution in [-0.2, 0) is 23.1 Å². The molecule has 0 unspecified atom stereocenters. The van der Waals surface area contributed by atoms with Gasteiger partial charge >= 0.3 is 6.03 Å². The first-order chi connectivity index (χ1) is 17.2. The van der Waals surface area contributed by atoms with Crippen molar-refractivity contribution in [3.05, 3.63) is 82.9 Å². The number of phenols is 1. The summed E-state index contributed by atoms with van der Waals surface area (Å²) in [5, 5.41) is 9.94. The van der Waals surface area contributed by atoms with Gasteiger partial charge in [0, 0.05) is 31.9 Å². The van der Waals surface area contributed by atoms with E-state index in [-0.39, 0.29) is 34.4 Å². The Labute approximate surface area is 216 Å². The van der Waals surface area contributed by atoms with Crippen LogP contribution in [0.5, 0.6) is 5.75 Å². The highest BCUT2D eigenvalue weighted by Crippen LogP contribution is 2.43. The van der Waals surface area contributed by atoms with Crippen LogP contribution in [0, 0.1) is 0 Å². The van der Waals surface area contributed by atoms with Gasteiger partial charge in [-0.05, 0) is 42.4 Å². The normalized spacial score (nSPS) is 17.8. The van der Waals surface area contributed by atoms with E-state index in [2.05, 4.69) is 16.8 Å². The van der Waals surface area contributed by atoms with Gasteiger partial charge in [-0.1, -0.05) is 54.1 Å². The Balaban J connectivity index is 1.61. The number of sulfonamides is 1. The molecule has 0 atom stereocenters. The van der Waals surface area contributed by atoms with Crippen molar-refractivity contribution in [1.82, 2.24) is 9.21 Å². The topological polar surface area (TPSA) is 84.4 Å². The third kappa shape index (κ3) is 4.61. The molecular weight excluding hydrogens is 500 g/mol. The lowest BCUT2D eigenvalue weighted by Gasteiger charge is -2.39. The molecule has 3 aromatic rings. The number of fused-ring (bicyclic) bond motifs is 1. The number of amides is 2. The molecule has 2 aliphatic heterocycles. The number of benzene rings is 3. The van der Waals surface area contributed by atoms with E-state index in [0.717, 1.165) is 41.7 Å². The fourth-order valence-corrected chi connectivity index (χ4v) is 6.69. The second kappa shape index (κ2) is 9.65. The molecule has 0 spiro atoms. The molecule has 1 fully saturated rings. The summed E-state index contributed by atoms with van der Waals surface area (Å²) in [6, 6.07) is 18.4. The van der Waals surface area contributed by atoms with E-state index >= 15 is 0 Å². The highest BCUT2D eigenvalue weighted by Gasteiger charge is 2.43. The number of phenolic OH excluding ortho intramolecular Hbond substituents is 1. The number of likely N-dealkylation sites (N-methyl/N-ethyl adjacent to an activating group) is 1. The van der Waals surface area contributed by atoms with Gasteiger partial charge in [0.25, 0.3) is 10.0 Å². The Morgan fingerprint density at radius 3 is 2.28 bits per heavy atom. The fraction of sp³-hybridized carbons (Fsp3) is 0.269. The van der Waals surface area contributed by atoms with E-state index < -0.39 is 16.1 Å². The van der Waals surface area contributed by atoms with Crippen LogP contribution in [0.15, 0.2) is 71.6 Å². The minimum atomic E-state index is -4.25. The van der Waals surface area contributed by atoms with E-state index in [9.17, 15) is 18.3 Å². The number of hydrogen-bond donors (Lipinski definition) is 1. The molecule has 2 amide bonds. The maximum atomic E-state index is 13.8. The lowest BCUT2D eigenvalue weighted by molar-refractivity contribution is 0.226. The molecule has 188 valence electrons. The standard InChI is InChI=1S/C26H27ClN4O4S/c1-28-10-12-29(13-11-28)21-15-23(27)25-24(16-21)30(17-19-6-3-2-4-7-19)26(33)31(36(25,34)35)18-20-8-5-9-22(32)14-20/h2-9,14-16,32H,10-13,17-18H2,1H3. The second-order valence-corrected chi connectivity index (χ2v) is 11.3. The van der Waals surface area contributed by atoms with Crippen molar-refractivity contribution in [3.63, 3.8) is 0 Å². The van der Waals surface area contributed by atoms with Crippen molar-refractivity contribution in [2.45, 2.75) is 18.0 Å². The Morgan fingerprint density at radius 2 is 1.58 bits per heavy atom. The molecule has 0 radical (unpaired) electrons. The number of halogens is 1. The fourth-order valence-electron chi connectivity index (χ4n) is 4.61. The number of anilines is 2. The van der Waals surface area contributed by atoms with Crippen LogP contribution in [0.2, 0.25) is 5.02 Å². The monoisotopic (exact) mass is 526 g/mol. The third-order valence-electron chi connectivity index (χ3n) is 6.58. The number of carbonyl (C=O) groups is 1. The molecule has 2 heterocycles. The van der Waals surface area contributed by atoms with Crippen LogP contribution >= 0.6 is 11.6 Å². The van der Waals surface area contributed by atoms with E-state index in [1.807, 2.05) is 30.3 Å². The van der Waals surface area contributed by atoms with Gasteiger partial charge in [-0.15, -0.1) is 0 Å². The number of aromatic hydroxyl groups is 1. The first kappa shape index (κ1) is 24.4. The number of hydrogen-bond acceptors (Lipinski definition) is 6. The number of nitrogens with zero attached hydrogens (tertiary/aromatic N) is 4. The molecule has 0 bridgehead atoms. The molecule has 0 saturated carbocycles. The molecule has 3 aromatic carbocycles. The van der Waals surface area contributed by atoms with Crippen molar-refractivity contribution in [1.29, 1.82) is 0 Å². The van der Waals surface area contributed by atoms with Crippen LogP contribution in [0.3, 0.4) is 0 Å². The van der Waals surface area contributed by atoms with Crippen molar-refractivity contribution in [2.24, 2.45) is 0 Å². The van der Waals surface area contributed by atoms with Crippen molar-refractivity contribution in [3.8, 4) is 5.75 Å². The lowest BCUT2D eigenvalue weighted by Crippen LogP contribution is -2.50. The summed E-state index contributed by atoms with van der Waals surface area (Å²) in [6.07, 6.45) is 0. The predicted octanol–water partition coefficient (Wildman–Crippen LogP) is 4.13. The van der Waals surface area contributed by atoms with E-state index in [4.69, 9.17) is 11.6 Å². The zero-order valence-electron chi connectivity index (χ0n) is 19.8. The number of carbonyl (C=O) groups excluding carboxylic acids is 1. The summed E-state index contributed by atoms with van der Waals surface area (Å²) in [6.45, 7) is 3.25. The molecule has 10 heteroatoms. The number of rotatable bonds is 5. The van der Waals surface area contributed by atoms with Gasteiger partial charge in [-0.2, -0.15) is 0 Å². The number of urea groups is 1. The first-order valence-electron chi connectivity index (χ1n) is 11.7. The van der Waals surface area contributed by atoms with Gasteiger partial charge in [0.1, 0.15) is 10.6 Å². The van der Waals surface area contributed by atoms with Crippen molar-refractivity contribution >= 4 is 39.0 Å². The lowest BCUT2D eigenvalue weighted by atomic mass is 10.1. The molecule has 2 aliphatic rings. The Hall–Kier alpha value is -3.27. The van der Waals surface area contributed by atoms with Gasteiger partial charge < -0.3 is 14.9 Å². The Bertz CT molecular complexity index is 1390. The molecule has 1 saturated heterocycles. The van der Waals surface area contributed by atoms with Gasteiger partial charge in [0.15, 0.2) is 0 Å². The minimum absolute atomic E-state index is 0.00857. The highest BCUT2D eigenvalue weighted by atomic mass is 35.5. The minimum Gasteiger partial charge on any atom is -0.508 e. The summed E-state index contributed by atoms with van der Waals surface area (Å²) in [4.78, 5) is 19.6. The van der Waals surface area contributed by atoms with Gasteiger partial charge in [0.05, 0.1) is 23.8 Å². The molecule has 1 N–H and O–H groups in total. The summed E-state index contributed by atoms with van der Waals surface area (Å²) < 4.78 is 28.4. The first-order valence-corrected chi connectivity index (χ1v) is 13.5. The van der Waals surface area contributed by atoms with E-state index in [1.165, 1.54) is 17.0 Å². The van der Waals surface area contributed by atoms with Crippen LogP contribution in [0.4, 0.5) is 16.2 Å². The Kier molecular flexibility index (Phi) is 6.55. The predicted molar refractivity (Wildman–Crippen MR) is 140 cm³/mol. The molecule has 5 rings (SSSR count). The van der Waals surface area contributed by atoms with Gasteiger partial charge in [0.2, 0.25) is 0 Å². The zero-order chi connectivity index (χ0) is 25.4. The van der Waals surface area contributed by atoms with Crippen LogP contribution in [0.25, 0.3) is 0 Å².